The fourth-order valence-electron chi connectivity index (χ4n) is 4.77. The van der Waals surface area contributed by atoms with Gasteiger partial charge in [-0.2, -0.15) is 0 Å². The fraction of sp³-hybridized carbons (Fsp3) is 0.571. The van der Waals surface area contributed by atoms with Crippen LogP contribution in [0.1, 0.15) is 57.4 Å². The van der Waals surface area contributed by atoms with Crippen LogP contribution in [-0.2, 0) is 16.0 Å². The van der Waals surface area contributed by atoms with Gasteiger partial charge in [-0.1, -0.05) is 43.9 Å². The van der Waals surface area contributed by atoms with Crippen molar-refractivity contribution >= 4 is 23.5 Å². The van der Waals surface area contributed by atoms with Crippen LogP contribution >= 0.6 is 0 Å². The number of imide groups is 1. The fourth-order valence-corrected chi connectivity index (χ4v) is 4.77. The number of aryl methyl sites for hydroxylation is 1. The highest BCUT2D eigenvalue weighted by Crippen LogP contribution is 2.34. The quantitative estimate of drug-likeness (QED) is 0.815. The molecule has 1 saturated carbocycles. The molecular formula is C21H27N3O3. The van der Waals surface area contributed by atoms with Crippen molar-refractivity contribution in [3.63, 3.8) is 0 Å². The number of anilines is 1. The van der Waals surface area contributed by atoms with Crippen molar-refractivity contribution in [1.29, 1.82) is 0 Å². The Labute approximate surface area is 159 Å². The van der Waals surface area contributed by atoms with Crippen molar-refractivity contribution < 1.29 is 14.4 Å². The van der Waals surface area contributed by atoms with Gasteiger partial charge in [-0.15, -0.1) is 0 Å². The number of nitrogens with zero attached hydrogens (tertiary/aromatic N) is 2. The second-order valence-electron chi connectivity index (χ2n) is 8.10. The van der Waals surface area contributed by atoms with E-state index in [4.69, 9.17) is 0 Å². The second kappa shape index (κ2) is 6.98. The Kier molecular flexibility index (Phi) is 4.66. The molecule has 27 heavy (non-hydrogen) atoms. The van der Waals surface area contributed by atoms with Gasteiger partial charge in [0.05, 0.1) is 0 Å². The molecule has 4 amide bonds. The summed E-state index contributed by atoms with van der Waals surface area (Å²) in [5.74, 6) is -0.412. The zero-order chi connectivity index (χ0) is 19.0. The highest BCUT2D eigenvalue weighted by molar-refractivity contribution is 6.10. The number of hydrogen-bond acceptors (Lipinski definition) is 3. The number of amides is 4. The predicted molar refractivity (Wildman–Crippen MR) is 102 cm³/mol. The molecule has 6 heteroatoms. The average Bonchev–Trinajstić information content (AvgIpc) is 2.83. The first-order valence-corrected chi connectivity index (χ1v) is 10.1. The molecule has 2 fully saturated rings. The summed E-state index contributed by atoms with van der Waals surface area (Å²) in [5.41, 5.74) is 1.25. The molecule has 1 aromatic carbocycles. The van der Waals surface area contributed by atoms with E-state index in [0.717, 1.165) is 54.7 Å². The summed E-state index contributed by atoms with van der Waals surface area (Å²) in [6, 6.07) is 7.51. The molecule has 0 radical (unpaired) electrons. The molecule has 1 spiro atoms. The standard InChI is InChI=1S/C21H27N3O3/c1-15-10-11-16-8-4-5-9-17(16)24(15)18(25)14-23-19(26)21(22-20(23)27)12-6-2-3-7-13-21/h4-5,8-9,15H,2-3,6-7,10-14H2,1H3,(H,22,27). The van der Waals surface area contributed by atoms with E-state index in [1.807, 2.05) is 31.2 Å². The Hall–Kier alpha value is -2.37. The molecule has 0 bridgehead atoms. The molecule has 1 atom stereocenters. The summed E-state index contributed by atoms with van der Waals surface area (Å²) < 4.78 is 0. The number of carbonyl (C=O) groups is 3. The van der Waals surface area contributed by atoms with Gasteiger partial charge < -0.3 is 10.2 Å². The van der Waals surface area contributed by atoms with Gasteiger partial charge in [0.25, 0.3) is 5.91 Å². The first-order valence-electron chi connectivity index (χ1n) is 10.1. The summed E-state index contributed by atoms with van der Waals surface area (Å²) >= 11 is 0. The first-order chi connectivity index (χ1) is 13.0. The summed E-state index contributed by atoms with van der Waals surface area (Å²) in [6.45, 7) is 1.83. The van der Waals surface area contributed by atoms with E-state index in [1.165, 1.54) is 0 Å². The van der Waals surface area contributed by atoms with Crippen molar-refractivity contribution in [3.05, 3.63) is 29.8 Å². The van der Waals surface area contributed by atoms with Crippen LogP contribution in [0.5, 0.6) is 0 Å². The van der Waals surface area contributed by atoms with Gasteiger partial charge >= 0.3 is 6.03 Å². The zero-order valence-electron chi connectivity index (χ0n) is 15.9. The molecule has 1 saturated heterocycles. The lowest BCUT2D eigenvalue weighted by molar-refractivity contribution is -0.134. The van der Waals surface area contributed by atoms with Crippen LogP contribution in [-0.4, -0.2) is 40.9 Å². The Balaban J connectivity index is 1.55. The number of hydrogen-bond donors (Lipinski definition) is 1. The molecule has 0 aromatic heterocycles. The highest BCUT2D eigenvalue weighted by Gasteiger charge is 2.51. The van der Waals surface area contributed by atoms with Crippen molar-refractivity contribution in [1.82, 2.24) is 10.2 Å². The van der Waals surface area contributed by atoms with Gasteiger partial charge in [0.15, 0.2) is 0 Å². The Morgan fingerprint density at radius 2 is 1.85 bits per heavy atom. The van der Waals surface area contributed by atoms with E-state index in [2.05, 4.69) is 5.32 Å². The maximum Gasteiger partial charge on any atom is 0.325 e. The van der Waals surface area contributed by atoms with E-state index < -0.39 is 11.6 Å². The molecule has 1 aromatic rings. The maximum atomic E-state index is 13.1. The van der Waals surface area contributed by atoms with Crippen LogP contribution in [0.25, 0.3) is 0 Å². The van der Waals surface area contributed by atoms with E-state index in [0.29, 0.717) is 12.8 Å². The smallest absolute Gasteiger partial charge is 0.323 e. The average molecular weight is 369 g/mol. The van der Waals surface area contributed by atoms with Gasteiger partial charge in [0, 0.05) is 11.7 Å². The first kappa shape index (κ1) is 18.0. The Morgan fingerprint density at radius 1 is 1.15 bits per heavy atom. The topological polar surface area (TPSA) is 69.7 Å². The number of rotatable bonds is 2. The summed E-state index contributed by atoms with van der Waals surface area (Å²) in [5, 5.41) is 2.91. The van der Waals surface area contributed by atoms with E-state index in [1.54, 1.807) is 4.90 Å². The predicted octanol–water partition coefficient (Wildman–Crippen LogP) is 3.00. The van der Waals surface area contributed by atoms with Gasteiger partial charge in [-0.05, 0) is 44.2 Å². The van der Waals surface area contributed by atoms with Crippen LogP contribution in [0.15, 0.2) is 24.3 Å². The zero-order valence-corrected chi connectivity index (χ0v) is 15.9. The van der Waals surface area contributed by atoms with Crippen LogP contribution in [0.3, 0.4) is 0 Å². The Bertz CT molecular complexity index is 768. The number of para-hydroxylation sites is 1. The SMILES string of the molecule is CC1CCc2ccccc2N1C(=O)CN1C(=O)NC2(CCCCCC2)C1=O. The van der Waals surface area contributed by atoms with Gasteiger partial charge in [0.1, 0.15) is 12.1 Å². The third kappa shape index (κ3) is 3.11. The largest absolute Gasteiger partial charge is 0.325 e. The molecule has 4 rings (SSSR count). The van der Waals surface area contributed by atoms with Gasteiger partial charge in [-0.3, -0.25) is 14.5 Å². The van der Waals surface area contributed by atoms with Gasteiger partial charge in [-0.25, -0.2) is 4.79 Å². The number of benzene rings is 1. The number of urea groups is 1. The van der Waals surface area contributed by atoms with Crippen molar-refractivity contribution in [2.45, 2.75) is 69.9 Å². The Morgan fingerprint density at radius 3 is 2.59 bits per heavy atom. The molecule has 2 heterocycles. The van der Waals surface area contributed by atoms with E-state index in [9.17, 15) is 14.4 Å². The third-order valence-electron chi connectivity index (χ3n) is 6.29. The summed E-state index contributed by atoms with van der Waals surface area (Å²) in [6.07, 6.45) is 7.21. The van der Waals surface area contributed by atoms with E-state index >= 15 is 0 Å². The molecular weight excluding hydrogens is 342 g/mol. The number of carbonyl (C=O) groups excluding carboxylic acids is 3. The van der Waals surface area contributed by atoms with E-state index in [-0.39, 0.29) is 24.4 Å². The minimum Gasteiger partial charge on any atom is -0.323 e. The second-order valence-corrected chi connectivity index (χ2v) is 8.10. The summed E-state index contributed by atoms with van der Waals surface area (Å²) in [4.78, 5) is 41.6. The molecule has 1 unspecified atom stereocenters. The summed E-state index contributed by atoms with van der Waals surface area (Å²) in [7, 11) is 0. The molecule has 1 aliphatic carbocycles. The molecule has 2 aliphatic heterocycles. The lowest BCUT2D eigenvalue weighted by Crippen LogP contribution is -2.49. The van der Waals surface area contributed by atoms with Crippen LogP contribution in [0, 0.1) is 0 Å². The molecule has 1 N–H and O–H groups in total. The number of fused-ring (bicyclic) bond motifs is 1. The van der Waals surface area contributed by atoms with Crippen molar-refractivity contribution in [3.8, 4) is 0 Å². The van der Waals surface area contributed by atoms with Crippen LogP contribution in [0.2, 0.25) is 0 Å². The molecule has 6 nitrogen and oxygen atoms in total. The van der Waals surface area contributed by atoms with Crippen molar-refractivity contribution in [2.75, 3.05) is 11.4 Å². The monoisotopic (exact) mass is 369 g/mol. The van der Waals surface area contributed by atoms with Crippen LogP contribution in [0.4, 0.5) is 10.5 Å². The molecule has 3 aliphatic rings. The highest BCUT2D eigenvalue weighted by atomic mass is 16.2. The number of nitrogens with one attached hydrogen (secondary N) is 1. The maximum absolute atomic E-state index is 13.1. The minimum absolute atomic E-state index is 0.0556. The lowest BCUT2D eigenvalue weighted by atomic mass is 9.90. The minimum atomic E-state index is -0.792. The van der Waals surface area contributed by atoms with Crippen molar-refractivity contribution in [2.24, 2.45) is 0 Å². The van der Waals surface area contributed by atoms with Crippen LogP contribution < -0.4 is 10.2 Å². The normalized spacial score (nSPS) is 24.6. The molecule has 144 valence electrons. The lowest BCUT2D eigenvalue weighted by Gasteiger charge is -2.36. The van der Waals surface area contributed by atoms with Gasteiger partial charge in [0.2, 0.25) is 5.91 Å². The third-order valence-corrected chi connectivity index (χ3v) is 6.29.